The van der Waals surface area contributed by atoms with Gasteiger partial charge in [0, 0.05) is 20.7 Å². The smallest absolute Gasteiger partial charge is 0.243 e. The summed E-state index contributed by atoms with van der Waals surface area (Å²) in [6, 6.07) is 2.36. The first kappa shape index (κ1) is 17.0. The summed E-state index contributed by atoms with van der Waals surface area (Å²) in [6.45, 7) is 3.04. The molecular weight excluding hydrogens is 285 g/mol. The number of aliphatic hydroxyl groups excluding tert-OH is 1. The van der Waals surface area contributed by atoms with Crippen molar-refractivity contribution in [2.45, 2.75) is 24.8 Å². The molecule has 0 radical (unpaired) electrons. The lowest BCUT2D eigenvalue weighted by molar-refractivity contribution is 0.0554. The van der Waals surface area contributed by atoms with E-state index in [0.717, 1.165) is 4.31 Å². The fourth-order valence-electron chi connectivity index (χ4n) is 2.10. The van der Waals surface area contributed by atoms with Gasteiger partial charge in [0.25, 0.3) is 0 Å². The zero-order valence-electron chi connectivity index (χ0n) is 12.1. The highest BCUT2D eigenvalue weighted by Gasteiger charge is 2.26. The number of likely N-dealkylation sites (N-methyl/N-ethyl adjacent to an activating group) is 1. The molecule has 20 heavy (non-hydrogen) atoms. The van der Waals surface area contributed by atoms with Crippen LogP contribution in [0.5, 0.6) is 0 Å². The first-order valence-electron chi connectivity index (χ1n) is 6.10. The van der Waals surface area contributed by atoms with Gasteiger partial charge in [-0.1, -0.05) is 0 Å². The van der Waals surface area contributed by atoms with E-state index < -0.39 is 21.9 Å². The Hall–Kier alpha value is -1.02. The Morgan fingerprint density at radius 1 is 1.35 bits per heavy atom. The van der Waals surface area contributed by atoms with Crippen molar-refractivity contribution < 1.29 is 22.7 Å². The predicted molar refractivity (Wildman–Crippen MR) is 73.6 cm³/mol. The van der Waals surface area contributed by atoms with Crippen molar-refractivity contribution in [3.05, 3.63) is 29.1 Å². The first-order valence-corrected chi connectivity index (χ1v) is 7.54. The highest BCUT2D eigenvalue weighted by atomic mass is 32.2. The Morgan fingerprint density at radius 3 is 2.30 bits per heavy atom. The van der Waals surface area contributed by atoms with E-state index in [1.54, 1.807) is 13.8 Å². The van der Waals surface area contributed by atoms with E-state index in [2.05, 4.69) is 0 Å². The van der Waals surface area contributed by atoms with Gasteiger partial charge in [0.2, 0.25) is 10.0 Å². The van der Waals surface area contributed by atoms with E-state index in [4.69, 9.17) is 4.74 Å². The van der Waals surface area contributed by atoms with Crippen molar-refractivity contribution in [2.24, 2.45) is 0 Å². The summed E-state index contributed by atoms with van der Waals surface area (Å²) in [7, 11) is -0.985. The molecule has 1 aromatic carbocycles. The average molecular weight is 305 g/mol. The van der Waals surface area contributed by atoms with Crippen molar-refractivity contribution in [1.29, 1.82) is 0 Å². The molecule has 1 rings (SSSR count). The van der Waals surface area contributed by atoms with Gasteiger partial charge < -0.3 is 9.84 Å². The van der Waals surface area contributed by atoms with E-state index in [1.165, 1.54) is 26.3 Å². The highest BCUT2D eigenvalue weighted by Crippen LogP contribution is 2.24. The fourth-order valence-corrected chi connectivity index (χ4v) is 3.71. The molecular formula is C13H20FNO4S. The summed E-state index contributed by atoms with van der Waals surface area (Å²) in [5.74, 6) is -0.471. The summed E-state index contributed by atoms with van der Waals surface area (Å²) >= 11 is 0. The van der Waals surface area contributed by atoms with Crippen molar-refractivity contribution in [2.75, 3.05) is 27.3 Å². The zero-order valence-corrected chi connectivity index (χ0v) is 12.9. The number of ether oxygens (including phenoxy) is 1. The molecule has 0 bridgehead atoms. The Labute approximate surface area is 119 Å². The second kappa shape index (κ2) is 6.62. The number of hydrogen-bond acceptors (Lipinski definition) is 4. The molecule has 0 aliphatic heterocycles. The molecule has 0 aliphatic rings. The van der Waals surface area contributed by atoms with Crippen LogP contribution in [0, 0.1) is 19.7 Å². The minimum absolute atomic E-state index is 0.0429. The summed E-state index contributed by atoms with van der Waals surface area (Å²) in [4.78, 5) is 0.0750. The van der Waals surface area contributed by atoms with Crippen molar-refractivity contribution in [1.82, 2.24) is 4.31 Å². The van der Waals surface area contributed by atoms with Gasteiger partial charge in [-0.05, 0) is 37.1 Å². The number of methoxy groups -OCH3 is 1. The van der Waals surface area contributed by atoms with E-state index in [0.29, 0.717) is 11.1 Å². The number of nitrogens with zero attached hydrogens (tertiary/aromatic N) is 1. The van der Waals surface area contributed by atoms with E-state index in [-0.39, 0.29) is 18.0 Å². The second-order valence-electron chi connectivity index (χ2n) is 4.76. The molecule has 1 unspecified atom stereocenters. The molecule has 0 fully saturated rings. The van der Waals surface area contributed by atoms with Gasteiger partial charge >= 0.3 is 0 Å². The van der Waals surface area contributed by atoms with Gasteiger partial charge in [0.1, 0.15) is 5.82 Å². The van der Waals surface area contributed by atoms with Crippen LogP contribution in [-0.2, 0) is 14.8 Å². The molecule has 5 nitrogen and oxygen atoms in total. The van der Waals surface area contributed by atoms with Gasteiger partial charge in [-0.2, -0.15) is 4.31 Å². The lowest BCUT2D eigenvalue weighted by atomic mass is 10.1. The van der Waals surface area contributed by atoms with Gasteiger partial charge in [0.15, 0.2) is 0 Å². The molecule has 0 aliphatic carbocycles. The first-order chi connectivity index (χ1) is 9.20. The Morgan fingerprint density at radius 2 is 1.85 bits per heavy atom. The number of benzene rings is 1. The van der Waals surface area contributed by atoms with Gasteiger partial charge in [-0.3, -0.25) is 0 Å². The lowest BCUT2D eigenvalue weighted by Crippen LogP contribution is -2.36. The molecule has 7 heteroatoms. The molecule has 0 saturated carbocycles. The largest absolute Gasteiger partial charge is 0.389 e. The number of hydrogen-bond donors (Lipinski definition) is 1. The van der Waals surface area contributed by atoms with Gasteiger partial charge in [0.05, 0.1) is 17.6 Å². The normalized spacial score (nSPS) is 13.8. The Kier molecular flexibility index (Phi) is 5.64. The summed E-state index contributed by atoms with van der Waals surface area (Å²) in [6.07, 6.45) is -0.916. The standard InChI is InChI=1S/C13H20FNO4S/c1-9-5-11(14)6-10(2)13(9)20(17,18)15(3)7-12(16)8-19-4/h5-6,12,16H,7-8H2,1-4H3. The van der Waals surface area contributed by atoms with Crippen LogP contribution in [0.3, 0.4) is 0 Å². The molecule has 0 aromatic heterocycles. The van der Waals surface area contributed by atoms with Crippen LogP contribution < -0.4 is 0 Å². The Balaban J connectivity index is 3.11. The molecule has 1 aromatic rings. The second-order valence-corrected chi connectivity index (χ2v) is 6.75. The fraction of sp³-hybridized carbons (Fsp3) is 0.538. The average Bonchev–Trinajstić information content (AvgIpc) is 2.26. The minimum atomic E-state index is -3.78. The molecule has 0 saturated heterocycles. The number of aryl methyl sites for hydroxylation is 2. The van der Waals surface area contributed by atoms with Gasteiger partial charge in [-0.25, -0.2) is 12.8 Å². The topological polar surface area (TPSA) is 66.8 Å². The zero-order chi connectivity index (χ0) is 15.5. The third kappa shape index (κ3) is 3.76. The molecule has 0 spiro atoms. The quantitative estimate of drug-likeness (QED) is 0.854. The maximum absolute atomic E-state index is 13.2. The van der Waals surface area contributed by atoms with Crippen LogP contribution in [0.1, 0.15) is 11.1 Å². The number of rotatable bonds is 6. The van der Waals surface area contributed by atoms with E-state index in [9.17, 15) is 17.9 Å². The van der Waals surface area contributed by atoms with E-state index in [1.807, 2.05) is 0 Å². The molecule has 0 heterocycles. The highest BCUT2D eigenvalue weighted by molar-refractivity contribution is 7.89. The van der Waals surface area contributed by atoms with Crippen LogP contribution in [0.2, 0.25) is 0 Å². The summed E-state index contributed by atoms with van der Waals surface area (Å²) in [5.41, 5.74) is 0.686. The predicted octanol–water partition coefficient (Wildman–Crippen LogP) is 1.07. The monoisotopic (exact) mass is 305 g/mol. The summed E-state index contributed by atoms with van der Waals surface area (Å²) < 4.78 is 44.0. The maximum Gasteiger partial charge on any atom is 0.243 e. The SMILES string of the molecule is COCC(O)CN(C)S(=O)(=O)c1c(C)cc(F)cc1C. The van der Waals surface area contributed by atoms with Crippen LogP contribution >= 0.6 is 0 Å². The third-order valence-electron chi connectivity index (χ3n) is 2.92. The van der Waals surface area contributed by atoms with Crippen molar-refractivity contribution in [3.63, 3.8) is 0 Å². The summed E-state index contributed by atoms with van der Waals surface area (Å²) in [5, 5.41) is 9.62. The van der Waals surface area contributed by atoms with Crippen molar-refractivity contribution in [3.8, 4) is 0 Å². The minimum Gasteiger partial charge on any atom is -0.389 e. The van der Waals surface area contributed by atoms with Crippen LogP contribution in [-0.4, -0.2) is 51.2 Å². The molecule has 0 amide bonds. The van der Waals surface area contributed by atoms with Crippen LogP contribution in [0.25, 0.3) is 0 Å². The van der Waals surface area contributed by atoms with Gasteiger partial charge in [-0.15, -0.1) is 0 Å². The van der Waals surface area contributed by atoms with Crippen molar-refractivity contribution >= 4 is 10.0 Å². The number of halogens is 1. The number of aliphatic hydroxyl groups is 1. The molecule has 1 N–H and O–H groups in total. The molecule has 114 valence electrons. The van der Waals surface area contributed by atoms with Crippen LogP contribution in [0.15, 0.2) is 17.0 Å². The third-order valence-corrected chi connectivity index (χ3v) is 5.05. The van der Waals surface area contributed by atoms with Crippen LogP contribution in [0.4, 0.5) is 4.39 Å². The Bertz CT molecular complexity index is 551. The maximum atomic E-state index is 13.2. The number of sulfonamides is 1. The van der Waals surface area contributed by atoms with E-state index >= 15 is 0 Å². The lowest BCUT2D eigenvalue weighted by Gasteiger charge is -2.22. The molecule has 1 atom stereocenters.